The molecular formula is C24H26N2O8. The second-order valence-electron chi connectivity index (χ2n) is 7.20. The van der Waals surface area contributed by atoms with Gasteiger partial charge in [-0.05, 0) is 36.2 Å². The monoisotopic (exact) mass is 470 g/mol. The zero-order valence-corrected chi connectivity index (χ0v) is 19.3. The van der Waals surface area contributed by atoms with Gasteiger partial charge in [-0.25, -0.2) is 0 Å². The highest BCUT2D eigenvalue weighted by molar-refractivity contribution is 5.94. The molecule has 0 unspecified atom stereocenters. The lowest BCUT2D eigenvalue weighted by Gasteiger charge is -2.14. The first-order chi connectivity index (χ1) is 16.4. The number of aromatic nitrogens is 1. The smallest absolute Gasteiger partial charge is 0.303 e. The van der Waals surface area contributed by atoms with E-state index in [1.807, 2.05) is 6.07 Å². The number of methoxy groups -OCH3 is 4. The van der Waals surface area contributed by atoms with Gasteiger partial charge in [0.25, 0.3) is 0 Å². The van der Waals surface area contributed by atoms with Crippen molar-refractivity contribution in [3.63, 3.8) is 0 Å². The third kappa shape index (κ3) is 5.40. The van der Waals surface area contributed by atoms with Gasteiger partial charge in [0.1, 0.15) is 17.7 Å². The first kappa shape index (κ1) is 24.4. The van der Waals surface area contributed by atoms with Gasteiger partial charge in [-0.1, -0.05) is 11.2 Å². The normalized spacial score (nSPS) is 10.5. The van der Waals surface area contributed by atoms with E-state index in [0.29, 0.717) is 51.1 Å². The lowest BCUT2D eigenvalue weighted by molar-refractivity contribution is -0.137. The van der Waals surface area contributed by atoms with Crippen LogP contribution in [0.5, 0.6) is 23.0 Å². The summed E-state index contributed by atoms with van der Waals surface area (Å²) in [5, 5.41) is 15.7. The van der Waals surface area contributed by atoms with Gasteiger partial charge in [0.05, 0.1) is 34.1 Å². The van der Waals surface area contributed by atoms with Crippen molar-refractivity contribution in [2.24, 2.45) is 0 Å². The van der Waals surface area contributed by atoms with E-state index in [-0.39, 0.29) is 25.2 Å². The molecule has 0 spiro atoms. The summed E-state index contributed by atoms with van der Waals surface area (Å²) in [4.78, 5) is 23.0. The Morgan fingerprint density at radius 2 is 1.59 bits per heavy atom. The lowest BCUT2D eigenvalue weighted by Crippen LogP contribution is -2.12. The van der Waals surface area contributed by atoms with Crippen LogP contribution >= 0.6 is 0 Å². The fourth-order valence-electron chi connectivity index (χ4n) is 3.45. The molecule has 34 heavy (non-hydrogen) atoms. The van der Waals surface area contributed by atoms with Crippen LogP contribution in [0, 0.1) is 0 Å². The largest absolute Gasteiger partial charge is 0.495 e. The van der Waals surface area contributed by atoms with Crippen molar-refractivity contribution in [1.29, 1.82) is 0 Å². The molecule has 0 bridgehead atoms. The highest BCUT2D eigenvalue weighted by Crippen LogP contribution is 2.43. The lowest BCUT2D eigenvalue weighted by atomic mass is 10.0. The molecule has 180 valence electrons. The molecule has 0 radical (unpaired) electrons. The molecule has 10 heteroatoms. The zero-order valence-electron chi connectivity index (χ0n) is 19.3. The molecule has 1 aromatic heterocycles. The molecule has 2 aromatic carbocycles. The number of amides is 1. The summed E-state index contributed by atoms with van der Waals surface area (Å²) in [7, 11) is 6.08. The average molecular weight is 470 g/mol. The fourth-order valence-corrected chi connectivity index (χ4v) is 3.45. The number of aliphatic carboxylic acids is 1. The Kier molecular flexibility index (Phi) is 7.96. The Balaban J connectivity index is 1.96. The topological polar surface area (TPSA) is 129 Å². The van der Waals surface area contributed by atoms with Crippen molar-refractivity contribution in [1.82, 2.24) is 5.16 Å². The van der Waals surface area contributed by atoms with Crippen molar-refractivity contribution in [3.8, 4) is 45.4 Å². The standard InChI is InChI=1S/C24H26N2O8/c1-30-18-9-8-14(10-17(18)25-21(27)6-5-7-22(28)29)16-13-34-26-23(16)15-11-19(31-2)24(33-4)20(12-15)32-3/h8-13H,5-7H2,1-4H3,(H,25,27)(H,28,29). The molecule has 0 aliphatic rings. The molecule has 0 atom stereocenters. The van der Waals surface area contributed by atoms with Crippen LogP contribution in [0.3, 0.4) is 0 Å². The molecule has 1 amide bonds. The molecule has 0 aliphatic carbocycles. The van der Waals surface area contributed by atoms with Crippen LogP contribution in [0.15, 0.2) is 41.1 Å². The number of nitrogens with zero attached hydrogens (tertiary/aromatic N) is 1. The van der Waals surface area contributed by atoms with E-state index in [2.05, 4.69) is 10.5 Å². The maximum Gasteiger partial charge on any atom is 0.303 e. The second kappa shape index (κ2) is 11.1. The average Bonchev–Trinajstić information content (AvgIpc) is 3.32. The van der Waals surface area contributed by atoms with E-state index in [4.69, 9.17) is 28.6 Å². The summed E-state index contributed by atoms with van der Waals surface area (Å²) in [6, 6.07) is 8.79. The minimum absolute atomic E-state index is 0.0731. The predicted molar refractivity (Wildman–Crippen MR) is 124 cm³/mol. The van der Waals surface area contributed by atoms with Gasteiger partial charge in [-0.2, -0.15) is 0 Å². The number of hydrogen-bond donors (Lipinski definition) is 2. The molecule has 10 nitrogen and oxygen atoms in total. The number of benzene rings is 2. The van der Waals surface area contributed by atoms with Crippen molar-refractivity contribution in [3.05, 3.63) is 36.6 Å². The van der Waals surface area contributed by atoms with E-state index in [0.717, 1.165) is 0 Å². The first-order valence-corrected chi connectivity index (χ1v) is 10.4. The summed E-state index contributed by atoms with van der Waals surface area (Å²) in [5.41, 5.74) is 3.03. The van der Waals surface area contributed by atoms with Gasteiger partial charge in [0.15, 0.2) is 11.5 Å². The first-order valence-electron chi connectivity index (χ1n) is 10.4. The molecule has 0 fully saturated rings. The second-order valence-corrected chi connectivity index (χ2v) is 7.20. The van der Waals surface area contributed by atoms with E-state index in [9.17, 15) is 9.59 Å². The van der Waals surface area contributed by atoms with Crippen molar-refractivity contribution >= 4 is 17.6 Å². The fraction of sp³-hybridized carbons (Fsp3) is 0.292. The van der Waals surface area contributed by atoms with Gasteiger partial charge in [0.2, 0.25) is 11.7 Å². The summed E-state index contributed by atoms with van der Waals surface area (Å²) < 4.78 is 26.9. The maximum absolute atomic E-state index is 12.3. The van der Waals surface area contributed by atoms with Gasteiger partial charge < -0.3 is 33.9 Å². The molecule has 3 aromatic rings. The van der Waals surface area contributed by atoms with E-state index in [1.54, 1.807) is 24.3 Å². The van der Waals surface area contributed by atoms with Gasteiger partial charge >= 0.3 is 5.97 Å². The van der Waals surface area contributed by atoms with Gasteiger partial charge in [0, 0.05) is 24.0 Å². The van der Waals surface area contributed by atoms with Crippen molar-refractivity contribution in [2.45, 2.75) is 19.3 Å². The zero-order chi connectivity index (χ0) is 24.7. The third-order valence-electron chi connectivity index (χ3n) is 5.09. The summed E-state index contributed by atoms with van der Waals surface area (Å²) in [6.07, 6.45) is 1.73. The highest BCUT2D eigenvalue weighted by Gasteiger charge is 2.20. The number of rotatable bonds is 11. The van der Waals surface area contributed by atoms with Crippen LogP contribution in [0.4, 0.5) is 5.69 Å². The number of ether oxygens (including phenoxy) is 4. The summed E-state index contributed by atoms with van der Waals surface area (Å²) in [5.74, 6) is 0.591. The molecule has 0 saturated carbocycles. The Morgan fingerprint density at radius 1 is 0.912 bits per heavy atom. The number of carbonyl (C=O) groups excluding carboxylic acids is 1. The number of carboxylic acids is 1. The van der Waals surface area contributed by atoms with Crippen LogP contribution < -0.4 is 24.3 Å². The van der Waals surface area contributed by atoms with E-state index < -0.39 is 5.97 Å². The van der Waals surface area contributed by atoms with Crippen LogP contribution in [-0.4, -0.2) is 50.6 Å². The summed E-state index contributed by atoms with van der Waals surface area (Å²) >= 11 is 0. The third-order valence-corrected chi connectivity index (χ3v) is 5.09. The molecule has 0 aliphatic heterocycles. The molecule has 1 heterocycles. The number of anilines is 1. The molecular weight excluding hydrogens is 444 g/mol. The number of carboxylic acid groups (broad SMARTS) is 1. The molecule has 2 N–H and O–H groups in total. The SMILES string of the molecule is COc1ccc(-c2conc2-c2cc(OC)c(OC)c(OC)c2)cc1NC(=O)CCCC(=O)O. The van der Waals surface area contributed by atoms with E-state index in [1.165, 1.54) is 34.7 Å². The van der Waals surface area contributed by atoms with Crippen LogP contribution in [0.25, 0.3) is 22.4 Å². The minimum Gasteiger partial charge on any atom is -0.495 e. The quantitative estimate of drug-likeness (QED) is 0.423. The van der Waals surface area contributed by atoms with Crippen LogP contribution in [0.1, 0.15) is 19.3 Å². The van der Waals surface area contributed by atoms with E-state index >= 15 is 0 Å². The van der Waals surface area contributed by atoms with Gasteiger partial charge in [-0.3, -0.25) is 9.59 Å². The van der Waals surface area contributed by atoms with Crippen molar-refractivity contribution < 1.29 is 38.2 Å². The predicted octanol–water partition coefficient (Wildman–Crippen LogP) is 4.24. The number of carbonyl (C=O) groups is 2. The Bertz CT molecular complexity index is 1150. The summed E-state index contributed by atoms with van der Waals surface area (Å²) in [6.45, 7) is 0. The number of hydrogen-bond acceptors (Lipinski definition) is 8. The van der Waals surface area contributed by atoms with Crippen LogP contribution in [-0.2, 0) is 9.59 Å². The highest BCUT2D eigenvalue weighted by atomic mass is 16.5. The molecule has 0 saturated heterocycles. The van der Waals surface area contributed by atoms with Crippen molar-refractivity contribution in [2.75, 3.05) is 33.8 Å². The van der Waals surface area contributed by atoms with Gasteiger partial charge in [-0.15, -0.1) is 0 Å². The maximum atomic E-state index is 12.3. The Morgan fingerprint density at radius 3 is 2.18 bits per heavy atom. The Hall–Kier alpha value is -4.21. The molecule has 3 rings (SSSR count). The van der Waals surface area contributed by atoms with Crippen LogP contribution in [0.2, 0.25) is 0 Å². The Labute approximate surface area is 196 Å². The number of nitrogens with one attached hydrogen (secondary N) is 1. The minimum atomic E-state index is -0.945.